The van der Waals surface area contributed by atoms with E-state index < -0.39 is 35.2 Å². The van der Waals surface area contributed by atoms with Gasteiger partial charge in [-0.1, -0.05) is 32.8 Å². The first-order valence-electron chi connectivity index (χ1n) is 12.4. The molecule has 3 N–H and O–H groups in total. The molecule has 3 amide bonds. The Hall–Kier alpha value is -3.63. The molecule has 0 aliphatic rings. The zero-order valence-electron chi connectivity index (χ0n) is 22.6. The van der Waals surface area contributed by atoms with E-state index in [-0.39, 0.29) is 31.0 Å². The average Bonchev–Trinajstić information content (AvgIpc) is 2.82. The first-order valence-corrected chi connectivity index (χ1v) is 12.4. The Bertz CT molecular complexity index is 1010. The Morgan fingerprint density at radius 3 is 2.41 bits per heavy atom. The molecule has 0 spiro atoms. The molecule has 0 bridgehead atoms. The van der Waals surface area contributed by atoms with Crippen LogP contribution < -0.4 is 21.5 Å². The minimum absolute atomic E-state index is 0.0404. The van der Waals surface area contributed by atoms with Crippen LogP contribution in [0.15, 0.2) is 35.3 Å². The smallest absolute Gasteiger partial charge is 0.408 e. The summed E-state index contributed by atoms with van der Waals surface area (Å²) in [5.41, 5.74) is -1.38. The molecular formula is C26H40N4O7. The molecule has 1 atom stereocenters. The predicted octanol–water partition coefficient (Wildman–Crippen LogP) is 2.74. The highest BCUT2D eigenvalue weighted by Gasteiger charge is 2.25. The summed E-state index contributed by atoms with van der Waals surface area (Å²) < 4.78 is 11.0. The maximum Gasteiger partial charge on any atom is 0.408 e. The van der Waals surface area contributed by atoms with Crippen LogP contribution in [0.5, 0.6) is 0 Å². The molecule has 11 nitrogen and oxygen atoms in total. The van der Waals surface area contributed by atoms with Gasteiger partial charge in [0.1, 0.15) is 23.9 Å². The number of ether oxygens (including phenoxy) is 2. The summed E-state index contributed by atoms with van der Waals surface area (Å²) in [4.78, 5) is 61.8. The summed E-state index contributed by atoms with van der Waals surface area (Å²) in [6.45, 7) is 9.50. The van der Waals surface area contributed by atoms with Crippen LogP contribution >= 0.6 is 0 Å². The van der Waals surface area contributed by atoms with E-state index in [1.807, 2.05) is 0 Å². The van der Waals surface area contributed by atoms with Crippen molar-refractivity contribution in [2.75, 3.05) is 19.0 Å². The molecule has 11 heteroatoms. The highest BCUT2D eigenvalue weighted by atomic mass is 16.6. The molecule has 1 aromatic heterocycles. The molecule has 206 valence electrons. The Morgan fingerprint density at radius 2 is 1.81 bits per heavy atom. The van der Waals surface area contributed by atoms with Crippen molar-refractivity contribution < 1.29 is 28.7 Å². The van der Waals surface area contributed by atoms with E-state index >= 15 is 0 Å². The minimum atomic E-state index is -1.06. The lowest BCUT2D eigenvalue weighted by molar-refractivity contribution is -0.134. The SMILES string of the molecule is CCC(CC)CNC(=O)Cn1cccc(NC(=O)C(CC/C=C/C(=O)OC)NC(=O)OC(C)(C)C)c1=O. The van der Waals surface area contributed by atoms with Crippen LogP contribution in [0.2, 0.25) is 0 Å². The monoisotopic (exact) mass is 520 g/mol. The van der Waals surface area contributed by atoms with Gasteiger partial charge in [-0.2, -0.15) is 0 Å². The summed E-state index contributed by atoms with van der Waals surface area (Å²) in [5, 5.41) is 7.87. The normalized spacial score (nSPS) is 12.2. The number of pyridine rings is 1. The number of nitrogens with zero attached hydrogens (tertiary/aromatic N) is 1. The summed E-state index contributed by atoms with van der Waals surface area (Å²) in [5.74, 6) is -1.14. The molecule has 0 aliphatic carbocycles. The summed E-state index contributed by atoms with van der Waals surface area (Å²) >= 11 is 0. The molecule has 1 unspecified atom stereocenters. The first-order chi connectivity index (χ1) is 17.4. The van der Waals surface area contributed by atoms with Crippen molar-refractivity contribution in [1.29, 1.82) is 0 Å². The van der Waals surface area contributed by atoms with E-state index in [2.05, 4.69) is 34.5 Å². The number of carbonyl (C=O) groups is 4. The number of esters is 1. The van der Waals surface area contributed by atoms with Gasteiger partial charge in [0.05, 0.1) is 7.11 Å². The third-order valence-corrected chi connectivity index (χ3v) is 5.42. The molecule has 1 aromatic rings. The van der Waals surface area contributed by atoms with Gasteiger partial charge in [-0.3, -0.25) is 14.4 Å². The molecule has 0 saturated heterocycles. The zero-order valence-corrected chi connectivity index (χ0v) is 22.6. The van der Waals surface area contributed by atoms with Crippen LogP contribution in [0.25, 0.3) is 0 Å². The molecule has 1 rings (SSSR count). The minimum Gasteiger partial charge on any atom is -0.466 e. The fourth-order valence-electron chi connectivity index (χ4n) is 3.25. The van der Waals surface area contributed by atoms with E-state index in [9.17, 15) is 24.0 Å². The lowest BCUT2D eigenvalue weighted by Crippen LogP contribution is -2.46. The number of anilines is 1. The molecular weight excluding hydrogens is 480 g/mol. The largest absolute Gasteiger partial charge is 0.466 e. The average molecular weight is 521 g/mol. The van der Waals surface area contributed by atoms with Crippen molar-refractivity contribution >= 4 is 29.6 Å². The molecule has 0 radical (unpaired) electrons. The maximum absolute atomic E-state index is 13.0. The topological polar surface area (TPSA) is 145 Å². The number of hydrogen-bond donors (Lipinski definition) is 3. The predicted molar refractivity (Wildman–Crippen MR) is 140 cm³/mol. The molecule has 0 aliphatic heterocycles. The van der Waals surface area contributed by atoms with Crippen LogP contribution in [-0.4, -0.2) is 53.7 Å². The fourth-order valence-corrected chi connectivity index (χ4v) is 3.25. The summed E-state index contributed by atoms with van der Waals surface area (Å²) in [6, 6.07) is 1.90. The number of allylic oxidation sites excluding steroid dienone is 1. The van der Waals surface area contributed by atoms with Gasteiger partial charge in [-0.25, -0.2) is 9.59 Å². The highest BCUT2D eigenvalue weighted by molar-refractivity contribution is 5.96. The number of carbonyl (C=O) groups excluding carboxylic acids is 4. The van der Waals surface area contributed by atoms with Crippen LogP contribution in [0.4, 0.5) is 10.5 Å². The number of hydrogen-bond acceptors (Lipinski definition) is 7. The van der Waals surface area contributed by atoms with Crippen molar-refractivity contribution in [3.63, 3.8) is 0 Å². The van der Waals surface area contributed by atoms with E-state index in [1.165, 1.54) is 36.1 Å². The molecule has 0 saturated carbocycles. The zero-order chi connectivity index (χ0) is 28.0. The van der Waals surface area contributed by atoms with Crippen molar-refractivity contribution in [3.05, 3.63) is 40.8 Å². The van der Waals surface area contributed by atoms with E-state index in [0.717, 1.165) is 12.8 Å². The second-order valence-corrected chi connectivity index (χ2v) is 9.53. The molecule has 1 heterocycles. The maximum atomic E-state index is 13.0. The Labute approximate surface area is 218 Å². The van der Waals surface area contributed by atoms with Crippen LogP contribution in [0, 0.1) is 5.92 Å². The molecule has 0 aromatic carbocycles. The first kappa shape index (κ1) is 31.4. The van der Waals surface area contributed by atoms with Gasteiger partial charge < -0.3 is 30.0 Å². The van der Waals surface area contributed by atoms with Crippen molar-refractivity contribution in [2.45, 2.75) is 78.5 Å². The second-order valence-electron chi connectivity index (χ2n) is 9.53. The molecule has 37 heavy (non-hydrogen) atoms. The Balaban J connectivity index is 2.95. The van der Waals surface area contributed by atoms with E-state index in [0.29, 0.717) is 12.5 Å². The van der Waals surface area contributed by atoms with E-state index in [1.54, 1.807) is 26.8 Å². The summed E-state index contributed by atoms with van der Waals surface area (Å²) in [7, 11) is 1.25. The van der Waals surface area contributed by atoms with E-state index in [4.69, 9.17) is 4.74 Å². The van der Waals surface area contributed by atoms with Crippen molar-refractivity contribution in [1.82, 2.24) is 15.2 Å². The Kier molecular flexibility index (Phi) is 13.1. The quantitative estimate of drug-likeness (QED) is 0.268. The third-order valence-electron chi connectivity index (χ3n) is 5.42. The van der Waals surface area contributed by atoms with Crippen molar-refractivity contribution in [2.24, 2.45) is 5.92 Å². The number of rotatable bonds is 13. The lowest BCUT2D eigenvalue weighted by Gasteiger charge is -2.23. The molecule has 0 fully saturated rings. The number of alkyl carbamates (subject to hydrolysis) is 1. The van der Waals surface area contributed by atoms with Crippen molar-refractivity contribution in [3.8, 4) is 0 Å². The Morgan fingerprint density at radius 1 is 1.14 bits per heavy atom. The van der Waals surface area contributed by atoms with Gasteiger partial charge in [0.25, 0.3) is 5.56 Å². The number of methoxy groups -OCH3 is 1. The number of nitrogens with one attached hydrogen (secondary N) is 3. The lowest BCUT2D eigenvalue weighted by atomic mass is 10.0. The van der Waals surface area contributed by atoms with Crippen LogP contribution in [0.3, 0.4) is 0 Å². The van der Waals surface area contributed by atoms with Gasteiger partial charge in [-0.05, 0) is 51.7 Å². The van der Waals surface area contributed by atoms with Crippen LogP contribution in [-0.2, 0) is 30.4 Å². The van der Waals surface area contributed by atoms with Crippen LogP contribution in [0.1, 0.15) is 60.3 Å². The summed E-state index contributed by atoms with van der Waals surface area (Å²) in [6.07, 6.45) is 5.65. The third kappa shape index (κ3) is 12.2. The number of amides is 3. The standard InChI is InChI=1S/C26H40N4O7/c1-7-18(8-2)16-27-21(31)17-30-15-11-13-20(24(30)34)28-23(33)19(12-9-10-14-22(32)36-6)29-25(35)37-26(3,4)5/h10-11,13-15,18-19H,7-9,12,16-17H2,1-6H3,(H,27,31)(H,28,33)(H,29,35)/b14-10+. The van der Waals surface area contributed by atoms with Gasteiger partial charge in [-0.15, -0.1) is 0 Å². The highest BCUT2D eigenvalue weighted by Crippen LogP contribution is 2.10. The second kappa shape index (κ2) is 15.5. The fraction of sp³-hybridized carbons (Fsp3) is 0.577. The van der Waals surface area contributed by atoms with Gasteiger partial charge >= 0.3 is 12.1 Å². The van der Waals surface area contributed by atoms with Gasteiger partial charge in [0.2, 0.25) is 11.8 Å². The van der Waals surface area contributed by atoms with Gasteiger partial charge in [0.15, 0.2) is 0 Å². The number of aromatic nitrogens is 1. The van der Waals surface area contributed by atoms with Gasteiger partial charge in [0, 0.05) is 18.8 Å².